The van der Waals surface area contributed by atoms with Gasteiger partial charge in [0.2, 0.25) is 0 Å². The molecular formula is C31H35ClFN3O8S. The molecule has 242 valence electrons. The summed E-state index contributed by atoms with van der Waals surface area (Å²) in [6.07, 6.45) is 1.98. The number of aromatic nitrogens is 1. The summed E-state index contributed by atoms with van der Waals surface area (Å²) in [7, 11) is -2.32. The van der Waals surface area contributed by atoms with Gasteiger partial charge in [-0.05, 0) is 48.1 Å². The maximum atomic E-state index is 14.0. The van der Waals surface area contributed by atoms with Crippen LogP contribution in [-0.2, 0) is 38.6 Å². The molecule has 0 fully saturated rings. The van der Waals surface area contributed by atoms with Gasteiger partial charge >= 0.3 is 0 Å². The van der Waals surface area contributed by atoms with Crippen molar-refractivity contribution in [1.29, 1.82) is 0 Å². The van der Waals surface area contributed by atoms with E-state index in [1.54, 1.807) is 0 Å². The second-order valence-corrected chi connectivity index (χ2v) is 12.6. The molecule has 45 heavy (non-hydrogen) atoms. The quantitative estimate of drug-likeness (QED) is 0.192. The van der Waals surface area contributed by atoms with Gasteiger partial charge in [0.05, 0.1) is 43.8 Å². The Labute approximate surface area is 266 Å². The van der Waals surface area contributed by atoms with Gasteiger partial charge < -0.3 is 24.3 Å². The first-order valence-corrected chi connectivity index (χ1v) is 16.5. The maximum Gasteiger partial charge on any atom is 0.291 e. The zero-order chi connectivity index (χ0) is 32.6. The molecule has 2 aromatic carbocycles. The highest BCUT2D eigenvalue weighted by Gasteiger charge is 2.34. The summed E-state index contributed by atoms with van der Waals surface area (Å²) in [5, 5.41) is -0.0741. The van der Waals surface area contributed by atoms with Crippen molar-refractivity contribution in [3.05, 3.63) is 97.7 Å². The standard InChI is InChI=1S/C31H35ClFN3O8S/c1-42-28-26-23(12-14-36(30(26)38)19-22-10-11-25(33)24(32)18-22)27(34-29(28)37)31(39)35(13-6-7-16-44-45(2,40)41)15-17-43-20-21-8-4-3-5-9-21/h3-5,8-11,18H,6-7,12-17,19-20H2,1-2H3,(H,34,37). The van der Waals surface area contributed by atoms with Crippen LogP contribution in [0.25, 0.3) is 0 Å². The third kappa shape index (κ3) is 9.13. The summed E-state index contributed by atoms with van der Waals surface area (Å²) in [5.41, 5.74) is 1.15. The summed E-state index contributed by atoms with van der Waals surface area (Å²) in [6.45, 7) is 1.21. The van der Waals surface area contributed by atoms with E-state index in [2.05, 4.69) is 4.98 Å². The molecule has 2 heterocycles. The van der Waals surface area contributed by atoms with Crippen LogP contribution in [0.4, 0.5) is 4.39 Å². The van der Waals surface area contributed by atoms with Crippen LogP contribution in [0, 0.1) is 5.82 Å². The van der Waals surface area contributed by atoms with E-state index in [9.17, 15) is 27.2 Å². The largest absolute Gasteiger partial charge is 0.491 e. The number of carbonyl (C=O) groups is 2. The van der Waals surface area contributed by atoms with Crippen molar-refractivity contribution >= 4 is 33.5 Å². The molecule has 1 aliphatic rings. The molecule has 0 bridgehead atoms. The molecule has 2 amide bonds. The van der Waals surface area contributed by atoms with Crippen molar-refractivity contribution in [2.75, 3.05) is 46.2 Å². The number of methoxy groups -OCH3 is 1. The number of carbonyl (C=O) groups excluding carboxylic acids is 2. The lowest BCUT2D eigenvalue weighted by Gasteiger charge is -2.31. The van der Waals surface area contributed by atoms with Gasteiger partial charge in [0.1, 0.15) is 11.5 Å². The summed E-state index contributed by atoms with van der Waals surface area (Å²) in [6, 6.07) is 13.7. The molecule has 0 unspecified atom stereocenters. The third-order valence-electron chi connectivity index (χ3n) is 7.21. The van der Waals surface area contributed by atoms with Crippen LogP contribution in [0.3, 0.4) is 0 Å². The summed E-state index contributed by atoms with van der Waals surface area (Å²) in [5.74, 6) is -1.80. The highest BCUT2D eigenvalue weighted by molar-refractivity contribution is 7.85. The number of nitrogens with one attached hydrogen (secondary N) is 1. The van der Waals surface area contributed by atoms with Gasteiger partial charge in [-0.3, -0.25) is 18.6 Å². The maximum absolute atomic E-state index is 14.0. The van der Waals surface area contributed by atoms with Crippen LogP contribution in [0.15, 0.2) is 53.3 Å². The molecule has 11 nitrogen and oxygen atoms in total. The monoisotopic (exact) mass is 663 g/mol. The van der Waals surface area contributed by atoms with Crippen LogP contribution in [0.5, 0.6) is 5.75 Å². The van der Waals surface area contributed by atoms with Crippen molar-refractivity contribution in [1.82, 2.24) is 14.8 Å². The molecule has 0 atom stereocenters. The van der Waals surface area contributed by atoms with E-state index in [1.807, 2.05) is 30.3 Å². The highest BCUT2D eigenvalue weighted by atomic mass is 35.5. The predicted molar refractivity (Wildman–Crippen MR) is 166 cm³/mol. The molecule has 0 spiro atoms. The molecular weight excluding hydrogens is 629 g/mol. The van der Waals surface area contributed by atoms with Gasteiger partial charge in [0.15, 0.2) is 5.75 Å². The topological polar surface area (TPSA) is 135 Å². The van der Waals surface area contributed by atoms with E-state index in [4.69, 9.17) is 25.3 Å². The number of unbranched alkanes of at least 4 members (excludes halogenated alkanes) is 1. The minimum atomic E-state index is -3.59. The molecule has 4 rings (SSSR count). The smallest absolute Gasteiger partial charge is 0.291 e. The first-order chi connectivity index (χ1) is 21.5. The number of ether oxygens (including phenoxy) is 2. The number of aromatic amines is 1. The average Bonchev–Trinajstić information content (AvgIpc) is 3.00. The Bertz CT molecular complexity index is 1680. The molecule has 1 aromatic heterocycles. The fourth-order valence-electron chi connectivity index (χ4n) is 5.02. The predicted octanol–water partition coefficient (Wildman–Crippen LogP) is 3.79. The second kappa shape index (κ2) is 15.5. The number of fused-ring (bicyclic) bond motifs is 1. The Morgan fingerprint density at radius 2 is 1.82 bits per heavy atom. The Hall–Kier alpha value is -3.78. The molecule has 0 aliphatic carbocycles. The molecule has 1 N–H and O–H groups in total. The number of nitrogens with zero attached hydrogens (tertiary/aromatic N) is 2. The summed E-state index contributed by atoms with van der Waals surface area (Å²) >= 11 is 5.92. The molecule has 3 aromatic rings. The Morgan fingerprint density at radius 3 is 2.51 bits per heavy atom. The van der Waals surface area contributed by atoms with E-state index in [0.717, 1.165) is 11.8 Å². The van der Waals surface area contributed by atoms with Gasteiger partial charge in [0, 0.05) is 26.2 Å². The van der Waals surface area contributed by atoms with E-state index < -0.39 is 33.3 Å². The van der Waals surface area contributed by atoms with Crippen LogP contribution >= 0.6 is 11.6 Å². The zero-order valence-corrected chi connectivity index (χ0v) is 26.6. The number of pyridine rings is 1. The number of benzene rings is 2. The van der Waals surface area contributed by atoms with E-state index in [-0.39, 0.29) is 67.8 Å². The molecule has 0 saturated heterocycles. The number of hydrogen-bond donors (Lipinski definition) is 1. The minimum absolute atomic E-state index is 0.00844. The molecule has 1 aliphatic heterocycles. The lowest BCUT2D eigenvalue weighted by Crippen LogP contribution is -2.42. The number of H-pyrrole nitrogens is 1. The Kier molecular flexibility index (Phi) is 11.7. The minimum Gasteiger partial charge on any atom is -0.491 e. The highest BCUT2D eigenvalue weighted by Crippen LogP contribution is 2.29. The lowest BCUT2D eigenvalue weighted by molar-refractivity contribution is 0.0602. The normalized spacial score (nSPS) is 13.1. The second-order valence-electron chi connectivity index (χ2n) is 10.5. The van der Waals surface area contributed by atoms with Crippen molar-refractivity contribution in [2.45, 2.75) is 32.4 Å². The SMILES string of the molecule is COc1c2c(c(C(=O)N(CCCCOS(C)(=O)=O)CCOCc3ccccc3)[nH]c1=O)CCN(Cc1ccc(F)c(Cl)c1)C2=O. The molecule has 0 saturated carbocycles. The Morgan fingerprint density at radius 1 is 1.07 bits per heavy atom. The van der Waals surface area contributed by atoms with Gasteiger partial charge in [-0.25, -0.2) is 4.39 Å². The summed E-state index contributed by atoms with van der Waals surface area (Å²) < 4.78 is 52.2. The number of amides is 2. The van der Waals surface area contributed by atoms with Gasteiger partial charge in [-0.1, -0.05) is 48.0 Å². The van der Waals surface area contributed by atoms with E-state index >= 15 is 0 Å². The Balaban J connectivity index is 1.56. The fourth-order valence-corrected chi connectivity index (χ4v) is 5.64. The zero-order valence-electron chi connectivity index (χ0n) is 25.0. The van der Waals surface area contributed by atoms with Crippen LogP contribution in [0.1, 0.15) is 50.4 Å². The van der Waals surface area contributed by atoms with Gasteiger partial charge in [-0.2, -0.15) is 8.42 Å². The van der Waals surface area contributed by atoms with Gasteiger partial charge in [0.25, 0.3) is 27.5 Å². The number of halogens is 2. The van der Waals surface area contributed by atoms with E-state index in [0.29, 0.717) is 30.6 Å². The van der Waals surface area contributed by atoms with Crippen molar-refractivity contribution in [2.24, 2.45) is 0 Å². The summed E-state index contributed by atoms with van der Waals surface area (Å²) in [4.78, 5) is 46.4. The van der Waals surface area contributed by atoms with Gasteiger partial charge in [-0.15, -0.1) is 0 Å². The first kappa shape index (κ1) is 34.1. The van der Waals surface area contributed by atoms with Crippen LogP contribution < -0.4 is 10.3 Å². The molecule has 14 heteroatoms. The lowest BCUT2D eigenvalue weighted by atomic mass is 9.95. The number of rotatable bonds is 15. The molecule has 0 radical (unpaired) electrons. The average molecular weight is 664 g/mol. The van der Waals surface area contributed by atoms with Crippen LogP contribution in [0.2, 0.25) is 5.02 Å². The van der Waals surface area contributed by atoms with Crippen molar-refractivity contribution < 1.29 is 36.1 Å². The first-order valence-electron chi connectivity index (χ1n) is 14.3. The van der Waals surface area contributed by atoms with Crippen molar-refractivity contribution in [3.8, 4) is 5.75 Å². The van der Waals surface area contributed by atoms with E-state index in [1.165, 1.54) is 35.1 Å². The van der Waals surface area contributed by atoms with Crippen LogP contribution in [-0.4, -0.2) is 81.2 Å². The fraction of sp³-hybridized carbons (Fsp3) is 0.387. The third-order valence-corrected chi connectivity index (χ3v) is 8.09. The number of hydrogen-bond acceptors (Lipinski definition) is 8. The van der Waals surface area contributed by atoms with Crippen molar-refractivity contribution in [3.63, 3.8) is 0 Å².